The molecule has 1 aliphatic rings. The number of fused-ring (bicyclic) bond motifs is 1. The van der Waals surface area contributed by atoms with Crippen molar-refractivity contribution in [3.05, 3.63) is 77.9 Å². The van der Waals surface area contributed by atoms with Crippen LogP contribution in [0, 0.1) is 0 Å². The van der Waals surface area contributed by atoms with Crippen LogP contribution < -0.4 is 10.2 Å². The van der Waals surface area contributed by atoms with Crippen LogP contribution in [0.15, 0.2) is 66.7 Å². The van der Waals surface area contributed by atoms with Gasteiger partial charge in [-0.25, -0.2) is 4.79 Å². The Morgan fingerprint density at radius 2 is 1.74 bits per heavy atom. The molecular formula is C25H24N2O4. The summed E-state index contributed by atoms with van der Waals surface area (Å²) in [5.74, 6) is -1.45. The number of aromatic carboxylic acids is 1. The summed E-state index contributed by atoms with van der Waals surface area (Å²) >= 11 is 0. The number of hydrogen-bond donors (Lipinski definition) is 2. The largest absolute Gasteiger partial charge is 0.478 e. The molecule has 0 radical (unpaired) electrons. The second kappa shape index (κ2) is 9.02. The van der Waals surface area contributed by atoms with Gasteiger partial charge in [0.05, 0.1) is 24.5 Å². The van der Waals surface area contributed by atoms with Gasteiger partial charge < -0.3 is 20.1 Å². The Morgan fingerprint density at radius 3 is 2.48 bits per heavy atom. The maximum Gasteiger partial charge on any atom is 0.337 e. The summed E-state index contributed by atoms with van der Waals surface area (Å²) in [6, 6.07) is 19.1. The maximum absolute atomic E-state index is 12.7. The molecule has 6 nitrogen and oxygen atoms in total. The predicted molar refractivity (Wildman–Crippen MR) is 123 cm³/mol. The van der Waals surface area contributed by atoms with E-state index < -0.39 is 5.97 Å². The van der Waals surface area contributed by atoms with E-state index in [9.17, 15) is 14.7 Å². The van der Waals surface area contributed by atoms with Crippen molar-refractivity contribution in [3.63, 3.8) is 0 Å². The van der Waals surface area contributed by atoms with E-state index >= 15 is 0 Å². The lowest BCUT2D eigenvalue weighted by Gasteiger charge is -2.29. The second-order valence-corrected chi connectivity index (χ2v) is 7.51. The Morgan fingerprint density at radius 1 is 1.00 bits per heavy atom. The zero-order valence-corrected chi connectivity index (χ0v) is 17.3. The van der Waals surface area contributed by atoms with Crippen LogP contribution in [0.3, 0.4) is 0 Å². The normalized spacial score (nSPS) is 14.5. The van der Waals surface area contributed by atoms with Crippen molar-refractivity contribution in [2.75, 3.05) is 36.5 Å². The molecule has 2 N–H and O–H groups in total. The van der Waals surface area contributed by atoms with Crippen molar-refractivity contribution in [1.29, 1.82) is 0 Å². The zero-order chi connectivity index (χ0) is 21.8. The second-order valence-electron chi connectivity index (χ2n) is 7.51. The number of carboxylic acid groups (broad SMARTS) is 1. The smallest absolute Gasteiger partial charge is 0.337 e. The van der Waals surface area contributed by atoms with Crippen molar-refractivity contribution in [2.45, 2.75) is 6.92 Å². The first-order valence-corrected chi connectivity index (χ1v) is 10.2. The molecule has 1 saturated heterocycles. The molecule has 1 heterocycles. The van der Waals surface area contributed by atoms with Gasteiger partial charge in [-0.05, 0) is 53.1 Å². The predicted octanol–water partition coefficient (Wildman–Crippen LogP) is 4.42. The SMILES string of the molecule is CC(=CC(=O)Nc1cc(N2CCOCC2)ccc1C(=O)O)c1ccc2ccccc2c1. The molecule has 1 aliphatic heterocycles. The molecule has 0 bridgehead atoms. The molecule has 0 aliphatic carbocycles. The topological polar surface area (TPSA) is 78.9 Å². The number of hydrogen-bond acceptors (Lipinski definition) is 4. The van der Waals surface area contributed by atoms with E-state index in [2.05, 4.69) is 10.2 Å². The number of morpholine rings is 1. The van der Waals surface area contributed by atoms with E-state index in [1.807, 2.05) is 49.4 Å². The van der Waals surface area contributed by atoms with E-state index in [1.165, 1.54) is 12.1 Å². The number of nitrogens with zero attached hydrogens (tertiary/aromatic N) is 1. The molecule has 0 atom stereocenters. The lowest BCUT2D eigenvalue weighted by atomic mass is 10.0. The Bertz CT molecular complexity index is 1160. The summed E-state index contributed by atoms with van der Waals surface area (Å²) < 4.78 is 5.38. The average Bonchev–Trinajstić information content (AvgIpc) is 2.79. The van der Waals surface area contributed by atoms with E-state index in [1.54, 1.807) is 12.1 Å². The van der Waals surface area contributed by atoms with Gasteiger partial charge in [0.15, 0.2) is 0 Å². The van der Waals surface area contributed by atoms with Crippen molar-refractivity contribution in [2.24, 2.45) is 0 Å². The van der Waals surface area contributed by atoms with Gasteiger partial charge in [-0.1, -0.05) is 36.4 Å². The van der Waals surface area contributed by atoms with Gasteiger partial charge in [-0.3, -0.25) is 4.79 Å². The van der Waals surface area contributed by atoms with Crippen molar-refractivity contribution >= 4 is 39.6 Å². The number of allylic oxidation sites excluding steroid dienone is 1. The molecular weight excluding hydrogens is 392 g/mol. The third-order valence-electron chi connectivity index (χ3n) is 5.42. The van der Waals surface area contributed by atoms with E-state index in [0.717, 1.165) is 40.7 Å². The molecule has 0 unspecified atom stereocenters. The fourth-order valence-electron chi connectivity index (χ4n) is 3.72. The molecule has 158 valence electrons. The van der Waals surface area contributed by atoms with Crippen LogP contribution >= 0.6 is 0 Å². The first-order valence-electron chi connectivity index (χ1n) is 10.2. The molecule has 3 aromatic rings. The summed E-state index contributed by atoms with van der Waals surface area (Å²) in [5.41, 5.74) is 2.93. The van der Waals surface area contributed by atoms with Gasteiger partial charge in [0, 0.05) is 24.9 Å². The molecule has 0 saturated carbocycles. The molecule has 1 amide bonds. The van der Waals surface area contributed by atoms with Crippen molar-refractivity contribution < 1.29 is 19.4 Å². The number of carbonyl (C=O) groups is 2. The van der Waals surface area contributed by atoms with Crippen LogP contribution in [0.1, 0.15) is 22.8 Å². The number of amides is 1. The third-order valence-corrected chi connectivity index (χ3v) is 5.42. The highest BCUT2D eigenvalue weighted by Gasteiger charge is 2.17. The summed E-state index contributed by atoms with van der Waals surface area (Å²) in [6.07, 6.45) is 1.50. The van der Waals surface area contributed by atoms with Crippen molar-refractivity contribution in [3.8, 4) is 0 Å². The quantitative estimate of drug-likeness (QED) is 0.602. The van der Waals surface area contributed by atoms with Gasteiger partial charge in [-0.15, -0.1) is 0 Å². The molecule has 3 aromatic carbocycles. The minimum absolute atomic E-state index is 0.0575. The number of benzene rings is 3. The number of carbonyl (C=O) groups excluding carboxylic acids is 1. The lowest BCUT2D eigenvalue weighted by molar-refractivity contribution is -0.111. The Labute approximate surface area is 180 Å². The molecule has 0 aromatic heterocycles. The Hall–Kier alpha value is -3.64. The van der Waals surface area contributed by atoms with Gasteiger partial charge >= 0.3 is 5.97 Å². The molecule has 6 heteroatoms. The zero-order valence-electron chi connectivity index (χ0n) is 17.3. The van der Waals surface area contributed by atoms with Crippen LogP contribution in [0.5, 0.6) is 0 Å². The molecule has 31 heavy (non-hydrogen) atoms. The standard InChI is InChI=1S/C25H24N2O4/c1-17(19-7-6-18-4-2-3-5-20(18)15-19)14-24(28)26-23-16-21(8-9-22(23)25(29)30)27-10-12-31-13-11-27/h2-9,14-16H,10-13H2,1H3,(H,26,28)(H,29,30). The van der Waals surface area contributed by atoms with Crippen LogP contribution in [0.25, 0.3) is 16.3 Å². The number of ether oxygens (including phenoxy) is 1. The van der Waals surface area contributed by atoms with Gasteiger partial charge in [0.1, 0.15) is 0 Å². The number of carboxylic acids is 1. The minimum atomic E-state index is -1.08. The number of rotatable bonds is 5. The lowest BCUT2D eigenvalue weighted by Crippen LogP contribution is -2.36. The Kier molecular flexibility index (Phi) is 6.00. The fourth-order valence-corrected chi connectivity index (χ4v) is 3.72. The third kappa shape index (κ3) is 4.75. The minimum Gasteiger partial charge on any atom is -0.478 e. The highest BCUT2D eigenvalue weighted by atomic mass is 16.5. The van der Waals surface area contributed by atoms with Crippen LogP contribution in [0.2, 0.25) is 0 Å². The van der Waals surface area contributed by atoms with Crippen LogP contribution in [-0.2, 0) is 9.53 Å². The summed E-state index contributed by atoms with van der Waals surface area (Å²) in [7, 11) is 0. The highest BCUT2D eigenvalue weighted by Crippen LogP contribution is 2.26. The van der Waals surface area contributed by atoms with Gasteiger partial charge in [-0.2, -0.15) is 0 Å². The summed E-state index contributed by atoms with van der Waals surface area (Å²) in [6.45, 7) is 4.56. The maximum atomic E-state index is 12.7. The number of anilines is 2. The average molecular weight is 416 g/mol. The van der Waals surface area contributed by atoms with E-state index in [0.29, 0.717) is 13.2 Å². The Balaban J connectivity index is 1.57. The van der Waals surface area contributed by atoms with Gasteiger partial charge in [0.2, 0.25) is 5.91 Å². The first-order chi connectivity index (χ1) is 15.0. The number of nitrogens with one attached hydrogen (secondary N) is 1. The fraction of sp³-hybridized carbons (Fsp3) is 0.200. The van der Waals surface area contributed by atoms with E-state index in [-0.39, 0.29) is 17.2 Å². The first kappa shape index (κ1) is 20.6. The molecule has 1 fully saturated rings. The monoisotopic (exact) mass is 416 g/mol. The summed E-state index contributed by atoms with van der Waals surface area (Å²) in [5, 5.41) is 14.5. The highest BCUT2D eigenvalue weighted by molar-refractivity contribution is 6.08. The molecule has 4 rings (SSSR count). The van der Waals surface area contributed by atoms with Crippen LogP contribution in [0.4, 0.5) is 11.4 Å². The van der Waals surface area contributed by atoms with E-state index in [4.69, 9.17) is 4.74 Å². The van der Waals surface area contributed by atoms with Gasteiger partial charge in [0.25, 0.3) is 0 Å². The van der Waals surface area contributed by atoms with Crippen molar-refractivity contribution in [1.82, 2.24) is 0 Å². The summed E-state index contributed by atoms with van der Waals surface area (Å²) in [4.78, 5) is 26.5. The van der Waals surface area contributed by atoms with Crippen LogP contribution in [-0.4, -0.2) is 43.3 Å². The molecule has 0 spiro atoms.